The Balaban J connectivity index is 1.62. The summed E-state index contributed by atoms with van der Waals surface area (Å²) >= 11 is 6.03. The van der Waals surface area contributed by atoms with Gasteiger partial charge in [0.25, 0.3) is 11.8 Å². The number of hydrogen-bond acceptors (Lipinski definition) is 7. The first kappa shape index (κ1) is 33.3. The molecule has 1 aliphatic heterocycles. The highest BCUT2D eigenvalue weighted by Gasteiger charge is 2.30. The average molecular weight is 644 g/mol. The molecular formula is C32H38ClN3O7S. The number of amides is 2. The molecule has 0 spiro atoms. The van der Waals surface area contributed by atoms with Gasteiger partial charge in [-0.2, -0.15) is 0 Å². The number of sulfonamides is 1. The summed E-state index contributed by atoms with van der Waals surface area (Å²) in [6.07, 6.45) is 1.80. The maximum absolute atomic E-state index is 13.6. The second-order valence-corrected chi connectivity index (χ2v) is 13.3. The van der Waals surface area contributed by atoms with Crippen LogP contribution in [-0.2, 0) is 32.4 Å². The van der Waals surface area contributed by atoms with Gasteiger partial charge in [-0.15, -0.1) is 0 Å². The number of nitrogens with one attached hydrogen (secondary N) is 2. The summed E-state index contributed by atoms with van der Waals surface area (Å²) in [4.78, 5) is 26.6. The molecule has 0 saturated heterocycles. The summed E-state index contributed by atoms with van der Waals surface area (Å²) in [5, 5.41) is 17.4. The maximum atomic E-state index is 13.6. The van der Waals surface area contributed by atoms with Crippen molar-refractivity contribution < 1.29 is 32.6 Å². The number of rotatable bonds is 8. The molecular weight excluding hydrogens is 606 g/mol. The fourth-order valence-corrected chi connectivity index (χ4v) is 5.62. The number of halogens is 1. The quantitative estimate of drug-likeness (QED) is 0.335. The molecule has 0 aliphatic carbocycles. The zero-order valence-electron chi connectivity index (χ0n) is 25.0. The number of methoxy groups -OCH3 is 1. The number of ether oxygens (including phenoxy) is 2. The van der Waals surface area contributed by atoms with Crippen LogP contribution in [-0.4, -0.2) is 70.6 Å². The van der Waals surface area contributed by atoms with Gasteiger partial charge in [-0.3, -0.25) is 13.9 Å². The number of nitrogens with zero attached hydrogens (tertiary/aromatic N) is 1. The Labute approximate surface area is 263 Å². The number of hydrogen-bond donors (Lipinski definition) is 3. The summed E-state index contributed by atoms with van der Waals surface area (Å²) < 4.78 is 37.2. The lowest BCUT2D eigenvalue weighted by Gasteiger charge is -2.27. The van der Waals surface area contributed by atoms with Gasteiger partial charge in [-0.25, -0.2) is 8.42 Å². The fourth-order valence-electron chi connectivity index (χ4n) is 4.94. The second kappa shape index (κ2) is 14.9. The van der Waals surface area contributed by atoms with Crippen molar-refractivity contribution in [3.05, 3.63) is 88.4 Å². The highest BCUT2D eigenvalue weighted by molar-refractivity contribution is 7.92. The topological polar surface area (TPSA) is 134 Å². The summed E-state index contributed by atoms with van der Waals surface area (Å²) in [6.45, 7) is -0.0987. The number of carbonyl (C=O) groups excluding carboxylic acids is 2. The summed E-state index contributed by atoms with van der Waals surface area (Å²) in [5.74, 6) is -0.431. The van der Waals surface area contributed by atoms with Gasteiger partial charge in [0, 0.05) is 36.9 Å². The Morgan fingerprint density at radius 3 is 2.55 bits per heavy atom. The van der Waals surface area contributed by atoms with E-state index < -0.39 is 40.1 Å². The van der Waals surface area contributed by atoms with Crippen LogP contribution in [0.15, 0.2) is 66.7 Å². The van der Waals surface area contributed by atoms with E-state index in [0.29, 0.717) is 28.6 Å². The molecule has 0 saturated carbocycles. The zero-order chi connectivity index (χ0) is 31.9. The van der Waals surface area contributed by atoms with Crippen LogP contribution in [0.3, 0.4) is 0 Å². The summed E-state index contributed by atoms with van der Waals surface area (Å²) in [7, 11) is -0.785. The van der Waals surface area contributed by atoms with Crippen molar-refractivity contribution in [2.75, 3.05) is 36.6 Å². The molecule has 4 bridgehead atoms. The van der Waals surface area contributed by atoms with E-state index >= 15 is 0 Å². The van der Waals surface area contributed by atoms with E-state index in [1.54, 1.807) is 42.5 Å². The van der Waals surface area contributed by atoms with Gasteiger partial charge in [0.1, 0.15) is 18.5 Å². The average Bonchev–Trinajstić information content (AvgIpc) is 2.98. The lowest BCUT2D eigenvalue weighted by molar-refractivity contribution is -0.127. The third kappa shape index (κ3) is 9.18. The smallest absolute Gasteiger partial charge is 0.253 e. The van der Waals surface area contributed by atoms with Gasteiger partial charge < -0.3 is 25.2 Å². The van der Waals surface area contributed by atoms with E-state index in [-0.39, 0.29) is 18.6 Å². The molecule has 1 heterocycles. The first-order chi connectivity index (χ1) is 20.9. The molecule has 0 fully saturated rings. The van der Waals surface area contributed by atoms with Crippen LogP contribution >= 0.6 is 11.6 Å². The standard InChI is InChI=1S/C32H38ClN3O7S/c1-36(44(3,40)41)26-15-22-9-5-4-8-21-10-6-13-27(16-21)43-20-28(35-31(38)23(14-22)17-26)29(37)19-30(42-2)32(39)34-25-12-7-11-24(33)18-25/h6-7,10-18,28-30,37H,4-5,8-9,19-20H2,1-3H3,(H,34,39)(H,35,38)/t28-,29-,30?/m0/s1. The van der Waals surface area contributed by atoms with Gasteiger partial charge in [-0.1, -0.05) is 29.8 Å². The van der Waals surface area contributed by atoms with Crippen LogP contribution < -0.4 is 19.7 Å². The minimum Gasteiger partial charge on any atom is -0.491 e. The van der Waals surface area contributed by atoms with Crippen molar-refractivity contribution in [1.29, 1.82) is 0 Å². The molecule has 4 rings (SSSR count). The Morgan fingerprint density at radius 2 is 1.84 bits per heavy atom. The normalized spacial score (nSPS) is 17.2. The molecule has 3 N–H and O–H groups in total. The van der Waals surface area contributed by atoms with Crippen molar-refractivity contribution in [2.45, 2.75) is 50.4 Å². The third-order valence-electron chi connectivity index (χ3n) is 7.52. The number of benzene rings is 3. The fraction of sp³-hybridized carbons (Fsp3) is 0.375. The van der Waals surface area contributed by atoms with Crippen molar-refractivity contribution in [1.82, 2.24) is 5.32 Å². The number of anilines is 2. The predicted octanol–water partition coefficient (Wildman–Crippen LogP) is 4.20. The molecule has 3 aromatic carbocycles. The van der Waals surface area contributed by atoms with E-state index in [2.05, 4.69) is 10.6 Å². The molecule has 3 aromatic rings. The van der Waals surface area contributed by atoms with Crippen LogP contribution in [0, 0.1) is 0 Å². The lowest BCUT2D eigenvalue weighted by Crippen LogP contribution is -2.49. The molecule has 44 heavy (non-hydrogen) atoms. The Hall–Kier alpha value is -3.64. The van der Waals surface area contributed by atoms with Crippen molar-refractivity contribution in [3.63, 3.8) is 0 Å². The number of aryl methyl sites for hydroxylation is 2. The molecule has 1 aliphatic rings. The molecule has 0 radical (unpaired) electrons. The van der Waals surface area contributed by atoms with Gasteiger partial charge in [0.05, 0.1) is 24.1 Å². The third-order valence-corrected chi connectivity index (χ3v) is 8.96. The molecule has 1 unspecified atom stereocenters. The van der Waals surface area contributed by atoms with Crippen molar-refractivity contribution >= 4 is 44.8 Å². The van der Waals surface area contributed by atoms with Gasteiger partial charge in [-0.05, 0) is 85.3 Å². The SMILES string of the molecule is COC(C[C@H](O)[C@@H]1COc2cccc(c2)CCCCc2cc(cc(N(C)S(C)(=O)=O)c2)C(=O)N1)C(=O)Nc1cccc(Cl)c1. The first-order valence-electron chi connectivity index (χ1n) is 14.3. The zero-order valence-corrected chi connectivity index (χ0v) is 26.5. The van der Waals surface area contributed by atoms with E-state index in [4.69, 9.17) is 21.1 Å². The van der Waals surface area contributed by atoms with Gasteiger partial charge >= 0.3 is 0 Å². The van der Waals surface area contributed by atoms with Crippen LogP contribution in [0.2, 0.25) is 5.02 Å². The van der Waals surface area contributed by atoms with Crippen LogP contribution in [0.1, 0.15) is 40.7 Å². The largest absolute Gasteiger partial charge is 0.491 e. The Bertz CT molecular complexity index is 1580. The molecule has 3 atom stereocenters. The predicted molar refractivity (Wildman–Crippen MR) is 171 cm³/mol. The number of aliphatic hydroxyl groups excluding tert-OH is 1. The molecule has 12 heteroatoms. The second-order valence-electron chi connectivity index (χ2n) is 10.9. The molecule has 236 valence electrons. The van der Waals surface area contributed by atoms with Crippen molar-refractivity contribution in [2.24, 2.45) is 0 Å². The van der Waals surface area contributed by atoms with Crippen LogP contribution in [0.4, 0.5) is 11.4 Å². The van der Waals surface area contributed by atoms with E-state index in [0.717, 1.165) is 41.0 Å². The Morgan fingerprint density at radius 1 is 1.11 bits per heavy atom. The summed E-state index contributed by atoms with van der Waals surface area (Å²) in [6, 6.07) is 18.3. The van der Waals surface area contributed by atoms with E-state index in [1.807, 2.05) is 18.2 Å². The van der Waals surface area contributed by atoms with Gasteiger partial charge in [0.2, 0.25) is 10.0 Å². The number of carbonyl (C=O) groups is 2. The number of aliphatic hydroxyl groups is 1. The van der Waals surface area contributed by atoms with E-state index in [1.165, 1.54) is 20.2 Å². The minimum absolute atomic E-state index is 0.0987. The van der Waals surface area contributed by atoms with Crippen molar-refractivity contribution in [3.8, 4) is 5.75 Å². The van der Waals surface area contributed by atoms with Gasteiger partial charge in [0.15, 0.2) is 0 Å². The maximum Gasteiger partial charge on any atom is 0.253 e. The molecule has 0 aromatic heterocycles. The highest BCUT2D eigenvalue weighted by Crippen LogP contribution is 2.24. The van der Waals surface area contributed by atoms with E-state index in [9.17, 15) is 23.1 Å². The minimum atomic E-state index is -3.58. The first-order valence-corrected chi connectivity index (χ1v) is 16.5. The van der Waals surface area contributed by atoms with Crippen LogP contribution in [0.25, 0.3) is 0 Å². The highest BCUT2D eigenvalue weighted by atomic mass is 35.5. The number of fused-ring (bicyclic) bond motifs is 4. The molecule has 10 nitrogen and oxygen atoms in total. The van der Waals surface area contributed by atoms with Crippen LogP contribution in [0.5, 0.6) is 5.75 Å². The molecule has 2 amide bonds. The lowest BCUT2D eigenvalue weighted by atomic mass is 10.0. The monoisotopic (exact) mass is 643 g/mol. The Kier molecular flexibility index (Phi) is 11.3. The summed E-state index contributed by atoms with van der Waals surface area (Å²) in [5.41, 5.74) is 2.97.